The number of rotatable bonds is 7. The van der Waals surface area contributed by atoms with Gasteiger partial charge in [0.05, 0.1) is 10.5 Å². The van der Waals surface area contributed by atoms with Crippen LogP contribution in [0.5, 0.6) is 0 Å². The number of carbonyl (C=O) groups excluding carboxylic acids is 2. The maximum atomic E-state index is 12.4. The van der Waals surface area contributed by atoms with Crippen molar-refractivity contribution in [3.8, 4) is 0 Å². The van der Waals surface area contributed by atoms with E-state index >= 15 is 0 Å². The van der Waals surface area contributed by atoms with Crippen molar-refractivity contribution in [3.05, 3.63) is 95.6 Å². The molecule has 0 heterocycles. The molecule has 0 fully saturated rings. The van der Waals surface area contributed by atoms with Crippen LogP contribution in [0.15, 0.2) is 83.8 Å². The average molecular weight is 423 g/mol. The lowest BCUT2D eigenvalue weighted by Crippen LogP contribution is -2.24. The molecular weight excluding hydrogens is 402 g/mol. The fourth-order valence-electron chi connectivity index (χ4n) is 2.73. The number of hydrogen-bond donors (Lipinski definition) is 1. The van der Waals surface area contributed by atoms with Gasteiger partial charge in [0.15, 0.2) is 6.10 Å². The summed E-state index contributed by atoms with van der Waals surface area (Å²) in [5.74, 6) is -0.967. The van der Waals surface area contributed by atoms with Gasteiger partial charge in [-0.25, -0.2) is 13.2 Å². The van der Waals surface area contributed by atoms with Gasteiger partial charge in [0.1, 0.15) is 0 Å². The van der Waals surface area contributed by atoms with Crippen molar-refractivity contribution in [1.29, 1.82) is 0 Å². The minimum Gasteiger partial charge on any atom is -0.451 e. The van der Waals surface area contributed by atoms with Crippen molar-refractivity contribution < 1.29 is 22.7 Å². The maximum absolute atomic E-state index is 12.4. The molecule has 30 heavy (non-hydrogen) atoms. The molecule has 0 spiro atoms. The van der Waals surface area contributed by atoms with Crippen LogP contribution in [0.3, 0.4) is 0 Å². The van der Waals surface area contributed by atoms with E-state index in [1.54, 1.807) is 42.5 Å². The summed E-state index contributed by atoms with van der Waals surface area (Å²) in [6.45, 7) is 3.38. The maximum Gasteiger partial charge on any atom is 0.338 e. The predicted molar refractivity (Wildman–Crippen MR) is 114 cm³/mol. The first-order valence-corrected chi connectivity index (χ1v) is 10.7. The summed E-state index contributed by atoms with van der Waals surface area (Å²) in [4.78, 5) is 24.8. The number of aryl methyl sites for hydroxylation is 1. The Morgan fingerprint density at radius 1 is 0.833 bits per heavy atom. The Balaban J connectivity index is 1.65. The van der Waals surface area contributed by atoms with E-state index < -0.39 is 22.1 Å². The topological polar surface area (TPSA) is 89.5 Å². The van der Waals surface area contributed by atoms with Crippen molar-refractivity contribution >= 4 is 27.5 Å². The van der Waals surface area contributed by atoms with Crippen LogP contribution in [0, 0.1) is 6.92 Å². The highest BCUT2D eigenvalue weighted by Gasteiger charge is 2.20. The van der Waals surface area contributed by atoms with E-state index in [4.69, 9.17) is 4.74 Å². The number of esters is 1. The van der Waals surface area contributed by atoms with Crippen LogP contribution < -0.4 is 4.72 Å². The molecule has 0 radical (unpaired) electrons. The second kappa shape index (κ2) is 8.92. The Hall–Kier alpha value is -3.45. The molecule has 1 N–H and O–H groups in total. The largest absolute Gasteiger partial charge is 0.451 e. The van der Waals surface area contributed by atoms with E-state index in [1.165, 1.54) is 43.3 Å². The number of ether oxygens (including phenoxy) is 1. The highest BCUT2D eigenvalue weighted by atomic mass is 32.2. The third-order valence-corrected chi connectivity index (χ3v) is 5.81. The number of benzene rings is 3. The Morgan fingerprint density at radius 3 is 2.03 bits per heavy atom. The lowest BCUT2D eigenvalue weighted by molar-refractivity contribution is 0.0319. The van der Waals surface area contributed by atoms with E-state index in [1.807, 2.05) is 6.92 Å². The minimum absolute atomic E-state index is 0.143. The smallest absolute Gasteiger partial charge is 0.338 e. The van der Waals surface area contributed by atoms with Gasteiger partial charge in [0, 0.05) is 11.3 Å². The number of ketones is 1. The first-order chi connectivity index (χ1) is 14.3. The lowest BCUT2D eigenvalue weighted by Gasteiger charge is -2.13. The molecule has 3 rings (SSSR count). The van der Waals surface area contributed by atoms with Crippen molar-refractivity contribution in [2.75, 3.05) is 4.72 Å². The number of anilines is 1. The molecule has 3 aromatic rings. The van der Waals surface area contributed by atoms with Crippen LogP contribution >= 0.6 is 0 Å². The fraction of sp³-hybridized carbons (Fsp3) is 0.130. The Kier molecular flexibility index (Phi) is 6.32. The zero-order valence-electron chi connectivity index (χ0n) is 16.5. The Morgan fingerprint density at radius 2 is 1.43 bits per heavy atom. The van der Waals surface area contributed by atoms with Crippen LogP contribution in [-0.2, 0) is 14.8 Å². The molecule has 0 aliphatic rings. The fourth-order valence-corrected chi connectivity index (χ4v) is 3.78. The summed E-state index contributed by atoms with van der Waals surface area (Å²) in [6, 6.07) is 20.9. The van der Waals surface area contributed by atoms with E-state index in [0.29, 0.717) is 11.3 Å². The number of Topliss-reactive ketones (excluding diaryl/α,β-unsaturated/α-hetero) is 1. The Bertz CT molecular complexity index is 1140. The molecule has 154 valence electrons. The first kappa shape index (κ1) is 21.3. The van der Waals surface area contributed by atoms with Crippen LogP contribution in [0.2, 0.25) is 0 Å². The second-order valence-electron chi connectivity index (χ2n) is 6.77. The normalized spacial score (nSPS) is 12.1. The van der Waals surface area contributed by atoms with Gasteiger partial charge in [-0.2, -0.15) is 0 Å². The molecular formula is C23H21NO5S. The van der Waals surface area contributed by atoms with Crippen LogP contribution in [0.4, 0.5) is 5.69 Å². The zero-order valence-corrected chi connectivity index (χ0v) is 17.3. The molecule has 0 aliphatic carbocycles. The SMILES string of the molecule is Cc1ccc(S(=O)(=O)Nc2ccc(C(=O)OC(C)C(=O)c3ccccc3)cc2)cc1. The number of carbonyl (C=O) groups is 2. The van der Waals surface area contributed by atoms with E-state index in [0.717, 1.165) is 5.56 Å². The summed E-state index contributed by atoms with van der Waals surface area (Å²) in [7, 11) is -3.73. The molecule has 1 atom stereocenters. The third kappa shape index (κ3) is 5.12. The van der Waals surface area contributed by atoms with Crippen molar-refractivity contribution in [2.24, 2.45) is 0 Å². The predicted octanol–water partition coefficient (Wildman–Crippen LogP) is 4.22. The molecule has 0 saturated carbocycles. The van der Waals surface area contributed by atoms with Gasteiger partial charge in [-0.1, -0.05) is 48.0 Å². The summed E-state index contributed by atoms with van der Waals surface area (Å²) in [5, 5.41) is 0. The third-order valence-electron chi connectivity index (χ3n) is 4.42. The van der Waals surface area contributed by atoms with Crippen LogP contribution in [0.25, 0.3) is 0 Å². The molecule has 7 heteroatoms. The Labute approximate surface area is 175 Å². The minimum atomic E-state index is -3.73. The van der Waals surface area contributed by atoms with E-state index in [-0.39, 0.29) is 16.2 Å². The summed E-state index contributed by atoms with van der Waals surface area (Å²) < 4.78 is 32.6. The molecule has 0 amide bonds. The summed E-state index contributed by atoms with van der Waals surface area (Å²) >= 11 is 0. The molecule has 1 unspecified atom stereocenters. The highest BCUT2D eigenvalue weighted by Crippen LogP contribution is 2.18. The second-order valence-corrected chi connectivity index (χ2v) is 8.46. The van der Waals surface area contributed by atoms with Crippen LogP contribution in [0.1, 0.15) is 33.2 Å². The van der Waals surface area contributed by atoms with Gasteiger partial charge in [-0.15, -0.1) is 0 Å². The molecule has 6 nitrogen and oxygen atoms in total. The quantitative estimate of drug-likeness (QED) is 0.454. The lowest BCUT2D eigenvalue weighted by atomic mass is 10.1. The number of hydrogen-bond acceptors (Lipinski definition) is 5. The zero-order chi connectivity index (χ0) is 21.7. The van der Waals surface area contributed by atoms with Gasteiger partial charge < -0.3 is 4.74 Å². The van der Waals surface area contributed by atoms with Crippen molar-refractivity contribution in [1.82, 2.24) is 0 Å². The van der Waals surface area contributed by atoms with Gasteiger partial charge in [-0.05, 0) is 50.2 Å². The first-order valence-electron chi connectivity index (χ1n) is 9.26. The van der Waals surface area contributed by atoms with Crippen molar-refractivity contribution in [3.63, 3.8) is 0 Å². The van der Waals surface area contributed by atoms with E-state index in [9.17, 15) is 18.0 Å². The van der Waals surface area contributed by atoms with Gasteiger partial charge in [0.2, 0.25) is 5.78 Å². The van der Waals surface area contributed by atoms with Gasteiger partial charge in [0.25, 0.3) is 10.0 Å². The average Bonchev–Trinajstić information content (AvgIpc) is 2.74. The molecule has 0 bridgehead atoms. The van der Waals surface area contributed by atoms with E-state index in [2.05, 4.69) is 4.72 Å². The molecule has 0 aliphatic heterocycles. The summed E-state index contributed by atoms with van der Waals surface area (Å²) in [6.07, 6.45) is -0.945. The van der Waals surface area contributed by atoms with Crippen molar-refractivity contribution in [2.45, 2.75) is 24.8 Å². The standard InChI is InChI=1S/C23H21NO5S/c1-16-8-14-21(15-9-16)30(27,28)24-20-12-10-19(11-13-20)23(26)29-17(2)22(25)18-6-4-3-5-7-18/h3-15,17,24H,1-2H3. The van der Waals surface area contributed by atoms with Gasteiger partial charge >= 0.3 is 5.97 Å². The summed E-state index contributed by atoms with van der Waals surface area (Å²) in [5.41, 5.74) is 1.93. The highest BCUT2D eigenvalue weighted by molar-refractivity contribution is 7.92. The van der Waals surface area contributed by atoms with Crippen LogP contribution in [-0.4, -0.2) is 26.3 Å². The monoisotopic (exact) mass is 423 g/mol. The molecule has 3 aromatic carbocycles. The number of nitrogens with one attached hydrogen (secondary N) is 1. The molecule has 0 saturated heterocycles. The molecule has 0 aromatic heterocycles. The number of sulfonamides is 1. The van der Waals surface area contributed by atoms with Gasteiger partial charge in [-0.3, -0.25) is 9.52 Å².